The Kier molecular flexibility index (Phi) is 8.68. The van der Waals surface area contributed by atoms with Crippen molar-refractivity contribution in [2.75, 3.05) is 63.3 Å². The zero-order valence-corrected chi connectivity index (χ0v) is 24.8. The molecule has 0 saturated carbocycles. The van der Waals surface area contributed by atoms with E-state index in [0.717, 1.165) is 55.0 Å². The monoisotopic (exact) mass is 602 g/mol. The number of anilines is 2. The maximum atomic E-state index is 13.6. The summed E-state index contributed by atoms with van der Waals surface area (Å²) >= 11 is 1.17. The molecule has 2 amide bonds. The van der Waals surface area contributed by atoms with Crippen molar-refractivity contribution in [3.63, 3.8) is 0 Å². The lowest BCUT2D eigenvalue weighted by Crippen LogP contribution is -2.36. The average Bonchev–Trinajstić information content (AvgIpc) is 3.80. The fraction of sp³-hybridized carbons (Fsp3) is 0.355. The first-order chi connectivity index (χ1) is 21.0. The van der Waals surface area contributed by atoms with Gasteiger partial charge in [0.1, 0.15) is 0 Å². The number of methoxy groups -OCH3 is 1. The highest BCUT2D eigenvalue weighted by atomic mass is 32.1. The standard InChI is InChI=1S/C31H34N6O5S/c1-41-31(40)37-25-19-26(30(39)32-24(20-35-13-5-6-14-35)21-7-3-2-4-8-21)43-27(25)28(34-37)33-29(38)22-9-11-23(12-10-22)36-15-17-42-18-16-36/h2-4,7-12,19,24H,5-6,13-18,20H2,1H3,(H,32,39)(H,33,34,38)/t24-/m1/s1. The topological polar surface area (TPSA) is 118 Å². The van der Waals surface area contributed by atoms with Gasteiger partial charge in [0.2, 0.25) is 0 Å². The predicted octanol–water partition coefficient (Wildman–Crippen LogP) is 4.37. The Balaban J connectivity index is 1.23. The van der Waals surface area contributed by atoms with Crippen molar-refractivity contribution in [2.45, 2.75) is 18.9 Å². The summed E-state index contributed by atoms with van der Waals surface area (Å²) in [5, 5.41) is 10.3. The van der Waals surface area contributed by atoms with Crippen molar-refractivity contribution < 1.29 is 23.9 Å². The van der Waals surface area contributed by atoms with Crippen LogP contribution in [0.1, 0.15) is 44.5 Å². The van der Waals surface area contributed by atoms with E-state index in [9.17, 15) is 14.4 Å². The average molecular weight is 603 g/mol. The van der Waals surface area contributed by atoms with E-state index in [-0.39, 0.29) is 23.7 Å². The fourth-order valence-electron chi connectivity index (χ4n) is 5.52. The fourth-order valence-corrected chi connectivity index (χ4v) is 6.50. The molecule has 12 heteroatoms. The van der Waals surface area contributed by atoms with Gasteiger partial charge in [0.05, 0.1) is 41.5 Å². The van der Waals surface area contributed by atoms with Gasteiger partial charge in [-0.25, -0.2) is 4.79 Å². The Morgan fingerprint density at radius 3 is 2.40 bits per heavy atom. The largest absolute Gasteiger partial charge is 0.451 e. The van der Waals surface area contributed by atoms with Crippen molar-refractivity contribution >= 4 is 51.0 Å². The third-order valence-electron chi connectivity index (χ3n) is 7.81. The number of aromatic nitrogens is 2. The molecule has 2 N–H and O–H groups in total. The van der Waals surface area contributed by atoms with E-state index < -0.39 is 6.09 Å². The Hall–Kier alpha value is -4.26. The number of likely N-dealkylation sites (tertiary alicyclic amines) is 1. The van der Waals surface area contributed by atoms with E-state index in [2.05, 4.69) is 25.5 Å². The molecule has 0 aliphatic carbocycles. The van der Waals surface area contributed by atoms with Crippen molar-refractivity contribution in [1.82, 2.24) is 20.0 Å². The van der Waals surface area contributed by atoms with Gasteiger partial charge in [-0.3, -0.25) is 9.59 Å². The number of carbonyl (C=O) groups excluding carboxylic acids is 3. The molecule has 2 saturated heterocycles. The maximum Gasteiger partial charge on any atom is 0.435 e. The Morgan fingerprint density at radius 2 is 1.70 bits per heavy atom. The number of carbonyl (C=O) groups is 3. The molecule has 43 heavy (non-hydrogen) atoms. The molecule has 0 spiro atoms. The normalized spacial score (nSPS) is 16.3. The molecular weight excluding hydrogens is 568 g/mol. The number of thiophene rings is 1. The summed E-state index contributed by atoms with van der Waals surface area (Å²) in [6.07, 6.45) is 1.59. The summed E-state index contributed by atoms with van der Waals surface area (Å²) in [5.74, 6) is -0.455. The van der Waals surface area contributed by atoms with Crippen molar-refractivity contribution in [1.29, 1.82) is 0 Å². The second kappa shape index (κ2) is 12.9. The van der Waals surface area contributed by atoms with Crippen LogP contribution in [0.3, 0.4) is 0 Å². The summed E-state index contributed by atoms with van der Waals surface area (Å²) in [6.45, 7) is 5.68. The van der Waals surface area contributed by atoms with Crippen LogP contribution in [0.25, 0.3) is 10.2 Å². The van der Waals surface area contributed by atoms with Gasteiger partial charge in [0.25, 0.3) is 11.8 Å². The van der Waals surface area contributed by atoms with Crippen molar-refractivity contribution in [2.24, 2.45) is 0 Å². The molecule has 0 unspecified atom stereocenters. The summed E-state index contributed by atoms with van der Waals surface area (Å²) in [6, 6.07) is 18.7. The van der Waals surface area contributed by atoms with Crippen LogP contribution in [-0.4, -0.2) is 85.6 Å². The van der Waals surface area contributed by atoms with Crippen LogP contribution in [-0.2, 0) is 9.47 Å². The lowest BCUT2D eigenvalue weighted by molar-refractivity contribution is 0.0930. The third-order valence-corrected chi connectivity index (χ3v) is 8.94. The molecule has 2 aromatic carbocycles. The number of hydrogen-bond acceptors (Lipinski definition) is 9. The zero-order valence-electron chi connectivity index (χ0n) is 24.0. The van der Waals surface area contributed by atoms with Crippen molar-refractivity contribution in [3.8, 4) is 0 Å². The molecule has 224 valence electrons. The highest BCUT2D eigenvalue weighted by Crippen LogP contribution is 2.33. The molecule has 1 atom stereocenters. The Labute approximate surface area is 253 Å². The number of amides is 2. The van der Waals surface area contributed by atoms with Gasteiger partial charge < -0.3 is 29.9 Å². The smallest absolute Gasteiger partial charge is 0.435 e. The van der Waals surface area contributed by atoms with Gasteiger partial charge in [-0.05, 0) is 61.8 Å². The molecule has 0 bridgehead atoms. The van der Waals surface area contributed by atoms with Crippen LogP contribution < -0.4 is 15.5 Å². The number of nitrogens with one attached hydrogen (secondary N) is 2. The van der Waals surface area contributed by atoms with E-state index in [1.165, 1.54) is 18.4 Å². The summed E-state index contributed by atoms with van der Waals surface area (Å²) in [4.78, 5) is 44.3. The van der Waals surface area contributed by atoms with Gasteiger partial charge in [0.15, 0.2) is 5.82 Å². The third kappa shape index (κ3) is 6.41. The molecule has 2 aliphatic rings. The molecule has 6 rings (SSSR count). The van der Waals surface area contributed by atoms with E-state index >= 15 is 0 Å². The lowest BCUT2D eigenvalue weighted by atomic mass is 10.1. The van der Waals surface area contributed by atoms with Crippen LogP contribution in [0.15, 0.2) is 60.7 Å². The van der Waals surface area contributed by atoms with E-state index in [1.54, 1.807) is 18.2 Å². The summed E-state index contributed by atoms with van der Waals surface area (Å²) in [7, 11) is 1.26. The molecule has 4 aromatic rings. The Bertz CT molecular complexity index is 1590. The molecule has 2 fully saturated rings. The van der Waals surface area contributed by atoms with E-state index in [0.29, 0.717) is 40.4 Å². The van der Waals surface area contributed by atoms with Crippen molar-refractivity contribution in [3.05, 3.63) is 76.7 Å². The van der Waals surface area contributed by atoms with Gasteiger partial charge in [-0.2, -0.15) is 4.68 Å². The molecule has 0 radical (unpaired) electrons. The number of nitrogens with zero attached hydrogens (tertiary/aromatic N) is 4. The first kappa shape index (κ1) is 28.8. The van der Waals surface area contributed by atoms with Crippen LogP contribution in [0, 0.1) is 0 Å². The van der Waals surface area contributed by atoms with Gasteiger partial charge in [-0.15, -0.1) is 16.4 Å². The van der Waals surface area contributed by atoms with Gasteiger partial charge in [-0.1, -0.05) is 30.3 Å². The minimum Gasteiger partial charge on any atom is -0.451 e. The highest BCUT2D eigenvalue weighted by Gasteiger charge is 2.26. The minimum absolute atomic E-state index is 0.184. The van der Waals surface area contributed by atoms with E-state index in [1.807, 2.05) is 42.5 Å². The second-order valence-corrected chi connectivity index (χ2v) is 11.7. The zero-order chi connectivity index (χ0) is 29.8. The summed E-state index contributed by atoms with van der Waals surface area (Å²) in [5.41, 5.74) is 2.87. The molecule has 4 heterocycles. The number of ether oxygens (including phenoxy) is 2. The number of benzene rings is 2. The van der Waals surface area contributed by atoms with Crippen LogP contribution in [0.2, 0.25) is 0 Å². The SMILES string of the molecule is COC(=O)n1nc(NC(=O)c2ccc(N3CCOCC3)cc2)c2sc(C(=O)N[C@H](CN3CCCC3)c3ccccc3)cc21. The predicted molar refractivity (Wildman–Crippen MR) is 165 cm³/mol. The number of hydrogen-bond donors (Lipinski definition) is 2. The minimum atomic E-state index is -0.721. The quantitative estimate of drug-likeness (QED) is 0.305. The second-order valence-electron chi connectivity index (χ2n) is 10.6. The summed E-state index contributed by atoms with van der Waals surface area (Å²) < 4.78 is 11.9. The number of fused-ring (bicyclic) bond motifs is 1. The van der Waals surface area contributed by atoms with Gasteiger partial charge >= 0.3 is 6.09 Å². The first-order valence-electron chi connectivity index (χ1n) is 14.4. The molecular formula is C31H34N6O5S. The van der Waals surface area contributed by atoms with E-state index in [4.69, 9.17) is 9.47 Å². The molecule has 2 aliphatic heterocycles. The van der Waals surface area contributed by atoms with Crippen LogP contribution in [0.5, 0.6) is 0 Å². The maximum absolute atomic E-state index is 13.6. The van der Waals surface area contributed by atoms with Crippen LogP contribution in [0.4, 0.5) is 16.3 Å². The lowest BCUT2D eigenvalue weighted by Gasteiger charge is -2.28. The van der Waals surface area contributed by atoms with Gasteiger partial charge in [0, 0.05) is 30.9 Å². The first-order valence-corrected chi connectivity index (χ1v) is 15.2. The van der Waals surface area contributed by atoms with Crippen LogP contribution >= 0.6 is 11.3 Å². The molecule has 11 nitrogen and oxygen atoms in total. The Morgan fingerprint density at radius 1 is 0.977 bits per heavy atom. The number of morpholine rings is 1. The highest BCUT2D eigenvalue weighted by molar-refractivity contribution is 7.21. The number of rotatable bonds is 8. The molecule has 2 aromatic heterocycles.